The number of hydrogen-bond acceptors (Lipinski definition) is 5. The van der Waals surface area contributed by atoms with Crippen LogP contribution in [-0.4, -0.2) is 28.0 Å². The molecule has 0 radical (unpaired) electrons. The van der Waals surface area contributed by atoms with E-state index in [1.165, 1.54) is 6.33 Å². The number of nitrogen functional groups attached to an aromatic ring is 1. The van der Waals surface area contributed by atoms with E-state index in [0.29, 0.717) is 11.1 Å². The molecule has 1 rings (SSSR count). The van der Waals surface area contributed by atoms with Gasteiger partial charge in [-0.25, -0.2) is 9.97 Å². The highest BCUT2D eigenvalue weighted by Gasteiger charge is 2.04. The van der Waals surface area contributed by atoms with Crippen LogP contribution in [-0.2, 0) is 0 Å². The van der Waals surface area contributed by atoms with Crippen molar-refractivity contribution < 1.29 is 0 Å². The van der Waals surface area contributed by atoms with Gasteiger partial charge in [-0.2, -0.15) is 11.8 Å². The Morgan fingerprint density at radius 2 is 2.27 bits per heavy atom. The van der Waals surface area contributed by atoms with Crippen molar-refractivity contribution in [3.63, 3.8) is 0 Å². The van der Waals surface area contributed by atoms with Gasteiger partial charge in [-0.1, -0.05) is 6.92 Å². The molecule has 0 bridgehead atoms. The lowest BCUT2D eigenvalue weighted by Crippen LogP contribution is -2.11. The van der Waals surface area contributed by atoms with E-state index >= 15 is 0 Å². The zero-order valence-electron chi connectivity index (χ0n) is 9.45. The Hall–Kier alpha value is -0.970. The molecule has 15 heavy (non-hydrogen) atoms. The van der Waals surface area contributed by atoms with Gasteiger partial charge in [0, 0.05) is 17.4 Å². The topological polar surface area (TPSA) is 63.8 Å². The number of rotatable bonds is 5. The van der Waals surface area contributed by atoms with Gasteiger partial charge in [0.25, 0.3) is 0 Å². The summed E-state index contributed by atoms with van der Waals surface area (Å²) in [7, 11) is 0. The maximum absolute atomic E-state index is 5.68. The summed E-state index contributed by atoms with van der Waals surface area (Å²) in [6.45, 7) is 5.06. The van der Waals surface area contributed by atoms with Crippen LogP contribution in [0.15, 0.2) is 6.33 Å². The van der Waals surface area contributed by atoms with Gasteiger partial charge in [0.05, 0.1) is 0 Å². The van der Waals surface area contributed by atoms with E-state index in [1.54, 1.807) is 0 Å². The molecule has 4 nitrogen and oxygen atoms in total. The number of thioether (sulfide) groups is 1. The third-order valence-corrected chi connectivity index (χ3v) is 3.41. The van der Waals surface area contributed by atoms with Crippen molar-refractivity contribution in [1.82, 2.24) is 9.97 Å². The van der Waals surface area contributed by atoms with Gasteiger partial charge in [-0.3, -0.25) is 0 Å². The molecule has 0 aliphatic heterocycles. The molecule has 1 atom stereocenters. The Balaban J connectivity index is 2.47. The van der Waals surface area contributed by atoms with E-state index in [-0.39, 0.29) is 0 Å². The molecule has 0 aromatic carbocycles. The fraction of sp³-hybridized carbons (Fsp3) is 0.600. The van der Waals surface area contributed by atoms with Crippen LogP contribution >= 0.6 is 11.8 Å². The molecule has 1 aromatic rings. The fourth-order valence-electron chi connectivity index (χ4n) is 1.15. The monoisotopic (exact) mass is 226 g/mol. The normalized spacial score (nSPS) is 12.5. The summed E-state index contributed by atoms with van der Waals surface area (Å²) in [6.07, 6.45) is 4.73. The number of hydrogen-bond donors (Lipinski definition) is 2. The Morgan fingerprint density at radius 1 is 1.53 bits per heavy atom. The average molecular weight is 226 g/mol. The van der Waals surface area contributed by atoms with Crippen LogP contribution in [0.1, 0.15) is 18.9 Å². The first-order chi connectivity index (χ1) is 7.15. The lowest BCUT2D eigenvalue weighted by molar-refractivity contribution is 0.848. The number of nitrogens with one attached hydrogen (secondary N) is 1. The molecule has 0 saturated carbocycles. The molecular formula is C10H18N4S. The highest BCUT2D eigenvalue weighted by atomic mass is 32.2. The summed E-state index contributed by atoms with van der Waals surface area (Å²) in [5.74, 6) is 1.39. The second kappa shape index (κ2) is 5.80. The molecule has 5 heteroatoms. The van der Waals surface area contributed by atoms with E-state index in [4.69, 9.17) is 5.73 Å². The van der Waals surface area contributed by atoms with E-state index in [0.717, 1.165) is 24.3 Å². The summed E-state index contributed by atoms with van der Waals surface area (Å²) in [5, 5.41) is 3.94. The minimum absolute atomic E-state index is 0.547. The van der Waals surface area contributed by atoms with Gasteiger partial charge >= 0.3 is 0 Å². The van der Waals surface area contributed by atoms with E-state index in [1.807, 2.05) is 18.7 Å². The first-order valence-electron chi connectivity index (χ1n) is 4.99. The molecule has 3 N–H and O–H groups in total. The Kier molecular flexibility index (Phi) is 4.68. The summed E-state index contributed by atoms with van der Waals surface area (Å²) in [5.41, 5.74) is 6.61. The van der Waals surface area contributed by atoms with Gasteiger partial charge in [0.2, 0.25) is 0 Å². The number of aromatic nitrogens is 2. The summed E-state index contributed by atoms with van der Waals surface area (Å²) < 4.78 is 0. The van der Waals surface area contributed by atoms with Crippen molar-refractivity contribution >= 4 is 23.4 Å². The standard InChI is InChI=1S/C10H18N4S/c1-7(15-3)4-5-12-10-8(2)9(11)13-6-14-10/h6-7H,4-5H2,1-3H3,(H3,11,12,13,14). The SMILES string of the molecule is CSC(C)CCNc1ncnc(N)c1C. The van der Waals surface area contributed by atoms with Crippen LogP contribution in [0.5, 0.6) is 0 Å². The van der Waals surface area contributed by atoms with Crippen molar-refractivity contribution in [2.45, 2.75) is 25.5 Å². The first-order valence-corrected chi connectivity index (χ1v) is 6.27. The quantitative estimate of drug-likeness (QED) is 0.803. The van der Waals surface area contributed by atoms with Crippen molar-refractivity contribution in [2.75, 3.05) is 23.9 Å². The predicted octanol–water partition coefficient (Wildman–Crippen LogP) is 1.92. The molecule has 0 amide bonds. The average Bonchev–Trinajstić information content (AvgIpc) is 2.24. The maximum Gasteiger partial charge on any atom is 0.134 e. The Labute approximate surface area is 95.1 Å². The number of nitrogens with zero attached hydrogens (tertiary/aromatic N) is 2. The second-order valence-electron chi connectivity index (χ2n) is 3.49. The van der Waals surface area contributed by atoms with Crippen LogP contribution in [0.3, 0.4) is 0 Å². The third-order valence-electron chi connectivity index (χ3n) is 2.37. The molecule has 1 heterocycles. The molecule has 0 aliphatic rings. The van der Waals surface area contributed by atoms with E-state index in [2.05, 4.69) is 28.5 Å². The molecule has 0 fully saturated rings. The molecule has 1 unspecified atom stereocenters. The highest BCUT2D eigenvalue weighted by molar-refractivity contribution is 7.99. The third kappa shape index (κ3) is 3.58. The number of nitrogens with two attached hydrogens (primary N) is 1. The van der Waals surface area contributed by atoms with E-state index < -0.39 is 0 Å². The van der Waals surface area contributed by atoms with Gasteiger partial charge in [-0.05, 0) is 19.6 Å². The lowest BCUT2D eigenvalue weighted by Gasteiger charge is -2.11. The van der Waals surface area contributed by atoms with Crippen molar-refractivity contribution in [2.24, 2.45) is 0 Å². The van der Waals surface area contributed by atoms with Crippen molar-refractivity contribution in [1.29, 1.82) is 0 Å². The van der Waals surface area contributed by atoms with Crippen LogP contribution < -0.4 is 11.1 Å². The zero-order chi connectivity index (χ0) is 11.3. The summed E-state index contributed by atoms with van der Waals surface area (Å²) in [4.78, 5) is 8.07. The van der Waals surface area contributed by atoms with Crippen LogP contribution in [0.4, 0.5) is 11.6 Å². The zero-order valence-corrected chi connectivity index (χ0v) is 10.3. The molecule has 84 valence electrons. The minimum Gasteiger partial charge on any atom is -0.383 e. The smallest absolute Gasteiger partial charge is 0.134 e. The number of anilines is 2. The van der Waals surface area contributed by atoms with Gasteiger partial charge < -0.3 is 11.1 Å². The largest absolute Gasteiger partial charge is 0.383 e. The maximum atomic E-state index is 5.68. The molecule has 0 spiro atoms. The lowest BCUT2D eigenvalue weighted by atomic mass is 10.3. The molecule has 0 saturated heterocycles. The van der Waals surface area contributed by atoms with Crippen LogP contribution in [0, 0.1) is 6.92 Å². The fourth-order valence-corrected chi connectivity index (χ4v) is 1.51. The second-order valence-corrected chi connectivity index (χ2v) is 4.77. The van der Waals surface area contributed by atoms with Gasteiger partial charge in [-0.15, -0.1) is 0 Å². The van der Waals surface area contributed by atoms with Crippen LogP contribution in [0.2, 0.25) is 0 Å². The molecule has 0 aliphatic carbocycles. The van der Waals surface area contributed by atoms with Crippen molar-refractivity contribution in [3.05, 3.63) is 11.9 Å². The Bertz CT molecular complexity index is 316. The predicted molar refractivity (Wildman–Crippen MR) is 67.3 cm³/mol. The highest BCUT2D eigenvalue weighted by Crippen LogP contribution is 2.15. The van der Waals surface area contributed by atoms with Crippen molar-refractivity contribution in [3.8, 4) is 0 Å². The van der Waals surface area contributed by atoms with E-state index in [9.17, 15) is 0 Å². The van der Waals surface area contributed by atoms with Crippen LogP contribution in [0.25, 0.3) is 0 Å². The summed E-state index contributed by atoms with van der Waals surface area (Å²) >= 11 is 1.87. The summed E-state index contributed by atoms with van der Waals surface area (Å²) in [6, 6.07) is 0. The minimum atomic E-state index is 0.547. The van der Waals surface area contributed by atoms with Gasteiger partial charge in [0.15, 0.2) is 0 Å². The first kappa shape index (κ1) is 12.1. The van der Waals surface area contributed by atoms with Gasteiger partial charge in [0.1, 0.15) is 18.0 Å². The molecular weight excluding hydrogens is 208 g/mol. The Morgan fingerprint density at radius 3 is 2.93 bits per heavy atom. The molecule has 1 aromatic heterocycles.